The highest BCUT2D eigenvalue weighted by atomic mass is 16.5. The van der Waals surface area contributed by atoms with E-state index in [1.165, 1.54) is 0 Å². The fourth-order valence-corrected chi connectivity index (χ4v) is 1.58. The van der Waals surface area contributed by atoms with Crippen molar-refractivity contribution >= 4 is 5.69 Å². The minimum absolute atomic E-state index is 0.0747. The van der Waals surface area contributed by atoms with Crippen LogP contribution < -0.4 is 10.1 Å². The Balaban J connectivity index is 2.01. The fraction of sp³-hybridized carbons (Fsp3) is 0.231. The maximum absolute atomic E-state index is 8.88. The Morgan fingerprint density at radius 2 is 1.94 bits per heavy atom. The number of methoxy groups -OCH3 is 1. The molecule has 0 bridgehead atoms. The molecule has 0 aliphatic carbocycles. The zero-order chi connectivity index (χ0) is 12.1. The number of ether oxygens (including phenoxy) is 1. The average molecular weight is 233 g/mol. The molecule has 0 unspecified atom stereocenters. The summed E-state index contributed by atoms with van der Waals surface area (Å²) < 4.78 is 10.6. The zero-order valence-corrected chi connectivity index (χ0v) is 9.64. The van der Waals surface area contributed by atoms with Gasteiger partial charge in [0.15, 0.2) is 0 Å². The second kappa shape index (κ2) is 5.41. The van der Waals surface area contributed by atoms with Gasteiger partial charge in [0, 0.05) is 0 Å². The van der Waals surface area contributed by atoms with Crippen molar-refractivity contribution in [3.8, 4) is 5.75 Å². The van der Waals surface area contributed by atoms with Crippen molar-refractivity contribution in [3.63, 3.8) is 0 Å². The Kier molecular flexibility index (Phi) is 3.67. The second-order valence-electron chi connectivity index (χ2n) is 3.58. The standard InChI is InChI=1S/C13H15NO3/c1-16-13-5-3-2-4-12(13)14-8-10-6-7-11(9-15)17-10/h2-7,14-15H,8-9H2,1H3. The number of hydrogen-bond acceptors (Lipinski definition) is 4. The molecule has 0 spiro atoms. The monoisotopic (exact) mass is 233 g/mol. The van der Waals surface area contributed by atoms with Gasteiger partial charge in [-0.1, -0.05) is 12.1 Å². The van der Waals surface area contributed by atoms with E-state index in [1.807, 2.05) is 30.3 Å². The van der Waals surface area contributed by atoms with Crippen molar-refractivity contribution in [3.05, 3.63) is 47.9 Å². The molecule has 0 atom stereocenters. The molecule has 90 valence electrons. The number of rotatable bonds is 5. The van der Waals surface area contributed by atoms with Crippen molar-refractivity contribution < 1.29 is 14.3 Å². The molecule has 1 aromatic heterocycles. The van der Waals surface area contributed by atoms with Gasteiger partial charge in [0.2, 0.25) is 0 Å². The predicted molar refractivity (Wildman–Crippen MR) is 65.0 cm³/mol. The minimum atomic E-state index is -0.0747. The molecule has 4 nitrogen and oxygen atoms in total. The zero-order valence-electron chi connectivity index (χ0n) is 9.64. The number of aliphatic hydroxyl groups excluding tert-OH is 1. The highest BCUT2D eigenvalue weighted by Gasteiger charge is 2.03. The normalized spacial score (nSPS) is 10.2. The quantitative estimate of drug-likeness (QED) is 0.832. The lowest BCUT2D eigenvalue weighted by atomic mass is 10.3. The lowest BCUT2D eigenvalue weighted by Gasteiger charge is -2.09. The third-order valence-electron chi connectivity index (χ3n) is 2.43. The Hall–Kier alpha value is -1.94. The summed E-state index contributed by atoms with van der Waals surface area (Å²) >= 11 is 0. The number of benzene rings is 1. The summed E-state index contributed by atoms with van der Waals surface area (Å²) in [6.07, 6.45) is 0. The van der Waals surface area contributed by atoms with Crippen LogP contribution in [0, 0.1) is 0 Å². The van der Waals surface area contributed by atoms with E-state index in [0.717, 1.165) is 17.2 Å². The summed E-state index contributed by atoms with van der Waals surface area (Å²) in [6, 6.07) is 11.3. The van der Waals surface area contributed by atoms with Gasteiger partial charge in [-0.3, -0.25) is 0 Å². The van der Waals surface area contributed by atoms with E-state index in [-0.39, 0.29) is 6.61 Å². The van der Waals surface area contributed by atoms with Crippen molar-refractivity contribution in [2.24, 2.45) is 0 Å². The number of hydrogen-bond donors (Lipinski definition) is 2. The van der Waals surface area contributed by atoms with Crippen LogP contribution in [0.15, 0.2) is 40.8 Å². The first-order chi connectivity index (χ1) is 8.33. The number of anilines is 1. The molecule has 0 amide bonds. The molecular weight excluding hydrogens is 218 g/mol. The van der Waals surface area contributed by atoms with Crippen LogP contribution in [-0.4, -0.2) is 12.2 Å². The summed E-state index contributed by atoms with van der Waals surface area (Å²) in [5, 5.41) is 12.1. The van der Waals surface area contributed by atoms with E-state index in [9.17, 15) is 0 Å². The van der Waals surface area contributed by atoms with E-state index in [4.69, 9.17) is 14.3 Å². The first kappa shape index (κ1) is 11.5. The smallest absolute Gasteiger partial charge is 0.141 e. The van der Waals surface area contributed by atoms with Crippen LogP contribution in [0.5, 0.6) is 5.75 Å². The van der Waals surface area contributed by atoms with Gasteiger partial charge in [-0.15, -0.1) is 0 Å². The SMILES string of the molecule is COc1ccccc1NCc1ccc(CO)o1. The number of para-hydroxylation sites is 2. The molecule has 0 radical (unpaired) electrons. The molecule has 0 saturated carbocycles. The molecule has 0 fully saturated rings. The first-order valence-electron chi connectivity index (χ1n) is 5.39. The molecule has 2 aromatic rings. The number of furan rings is 1. The highest BCUT2D eigenvalue weighted by molar-refractivity contribution is 5.56. The fourth-order valence-electron chi connectivity index (χ4n) is 1.58. The van der Waals surface area contributed by atoms with Crippen LogP contribution in [0.1, 0.15) is 11.5 Å². The largest absolute Gasteiger partial charge is 0.495 e. The molecule has 1 aromatic carbocycles. The molecule has 1 heterocycles. The maximum Gasteiger partial charge on any atom is 0.141 e. The maximum atomic E-state index is 8.88. The van der Waals surface area contributed by atoms with Gasteiger partial charge in [0.05, 0.1) is 19.3 Å². The molecule has 17 heavy (non-hydrogen) atoms. The molecule has 2 N–H and O–H groups in total. The van der Waals surface area contributed by atoms with Gasteiger partial charge in [0.25, 0.3) is 0 Å². The lowest BCUT2D eigenvalue weighted by Crippen LogP contribution is -2.00. The third kappa shape index (κ3) is 2.79. The summed E-state index contributed by atoms with van der Waals surface area (Å²) in [5.74, 6) is 2.14. The van der Waals surface area contributed by atoms with Crippen LogP contribution in [0.2, 0.25) is 0 Å². The molecule has 0 saturated heterocycles. The molecule has 0 aliphatic heterocycles. The van der Waals surface area contributed by atoms with Crippen LogP contribution in [0.25, 0.3) is 0 Å². The van der Waals surface area contributed by atoms with Gasteiger partial charge in [-0.05, 0) is 24.3 Å². The van der Waals surface area contributed by atoms with Gasteiger partial charge >= 0.3 is 0 Å². The molecule has 4 heteroatoms. The van der Waals surface area contributed by atoms with E-state index >= 15 is 0 Å². The van der Waals surface area contributed by atoms with Crippen molar-refractivity contribution in [2.75, 3.05) is 12.4 Å². The number of nitrogens with one attached hydrogen (secondary N) is 1. The Morgan fingerprint density at radius 1 is 1.18 bits per heavy atom. The molecule has 2 rings (SSSR count). The van der Waals surface area contributed by atoms with Crippen LogP contribution in [0.4, 0.5) is 5.69 Å². The average Bonchev–Trinajstić information content (AvgIpc) is 2.84. The highest BCUT2D eigenvalue weighted by Crippen LogP contribution is 2.23. The topological polar surface area (TPSA) is 54.6 Å². The van der Waals surface area contributed by atoms with E-state index < -0.39 is 0 Å². The van der Waals surface area contributed by atoms with Gasteiger partial charge in [-0.2, -0.15) is 0 Å². The number of aliphatic hydroxyl groups is 1. The first-order valence-corrected chi connectivity index (χ1v) is 5.39. The van der Waals surface area contributed by atoms with Crippen molar-refractivity contribution in [2.45, 2.75) is 13.2 Å². The van der Waals surface area contributed by atoms with Gasteiger partial charge < -0.3 is 19.6 Å². The van der Waals surface area contributed by atoms with E-state index in [1.54, 1.807) is 13.2 Å². The molecular formula is C13H15NO3. The minimum Gasteiger partial charge on any atom is -0.495 e. The van der Waals surface area contributed by atoms with Gasteiger partial charge in [0.1, 0.15) is 23.9 Å². The second-order valence-corrected chi connectivity index (χ2v) is 3.58. The van der Waals surface area contributed by atoms with Crippen LogP contribution in [-0.2, 0) is 13.2 Å². The summed E-state index contributed by atoms with van der Waals surface area (Å²) in [4.78, 5) is 0. The van der Waals surface area contributed by atoms with E-state index in [2.05, 4.69) is 5.32 Å². The lowest BCUT2D eigenvalue weighted by molar-refractivity contribution is 0.244. The summed E-state index contributed by atoms with van der Waals surface area (Å²) in [7, 11) is 1.64. The Morgan fingerprint density at radius 3 is 2.65 bits per heavy atom. The van der Waals surface area contributed by atoms with Crippen molar-refractivity contribution in [1.82, 2.24) is 0 Å². The summed E-state index contributed by atoms with van der Waals surface area (Å²) in [5.41, 5.74) is 0.914. The van der Waals surface area contributed by atoms with Crippen molar-refractivity contribution in [1.29, 1.82) is 0 Å². The molecule has 0 aliphatic rings. The summed E-state index contributed by atoms with van der Waals surface area (Å²) in [6.45, 7) is 0.481. The third-order valence-corrected chi connectivity index (χ3v) is 2.43. The van der Waals surface area contributed by atoms with Gasteiger partial charge in [-0.25, -0.2) is 0 Å². The predicted octanol–water partition coefficient (Wildman–Crippen LogP) is 2.39. The van der Waals surface area contributed by atoms with Crippen LogP contribution in [0.3, 0.4) is 0 Å². The Labute approximate surface area is 99.8 Å². The Bertz CT molecular complexity index is 479. The van der Waals surface area contributed by atoms with Crippen LogP contribution >= 0.6 is 0 Å². The van der Waals surface area contributed by atoms with E-state index in [0.29, 0.717) is 12.3 Å².